The lowest BCUT2D eigenvalue weighted by Gasteiger charge is -2.39. The molecule has 1 aromatic rings. The van der Waals surface area contributed by atoms with Crippen molar-refractivity contribution >= 4 is 37.8 Å². The van der Waals surface area contributed by atoms with E-state index in [1.807, 2.05) is 12.1 Å². The molecule has 2 radical (unpaired) electrons. The van der Waals surface area contributed by atoms with Gasteiger partial charge in [-0.2, -0.15) is 0 Å². The predicted octanol–water partition coefficient (Wildman–Crippen LogP) is 7.33. The molecular formula is C21H39ClO2Si3. The molecule has 27 heavy (non-hydrogen) atoms. The van der Waals surface area contributed by atoms with E-state index in [0.29, 0.717) is 9.52 Å². The Balaban J connectivity index is 2.87. The van der Waals surface area contributed by atoms with Gasteiger partial charge in [0.05, 0.1) is 0 Å². The van der Waals surface area contributed by atoms with Crippen molar-refractivity contribution in [1.29, 1.82) is 0 Å². The van der Waals surface area contributed by atoms with Crippen LogP contribution in [0.5, 0.6) is 0 Å². The zero-order valence-electron chi connectivity index (χ0n) is 18.2. The van der Waals surface area contributed by atoms with Gasteiger partial charge in [0.1, 0.15) is 15.4 Å². The molecule has 0 N–H and O–H groups in total. The Bertz CT molecular complexity index is 495. The summed E-state index contributed by atoms with van der Waals surface area (Å²) >= 11 is 6.34. The molecule has 1 rings (SSSR count). The summed E-state index contributed by atoms with van der Waals surface area (Å²) in [6, 6.07) is 16.3. The van der Waals surface area contributed by atoms with Crippen molar-refractivity contribution in [1.82, 2.24) is 0 Å². The fraction of sp³-hybridized carbons (Fsp3) is 0.714. The molecule has 0 bridgehead atoms. The van der Waals surface area contributed by atoms with Gasteiger partial charge in [-0.1, -0.05) is 77.4 Å². The number of hydrogen-bond acceptors (Lipinski definition) is 2. The fourth-order valence-electron chi connectivity index (χ4n) is 3.59. The van der Waals surface area contributed by atoms with Crippen molar-refractivity contribution in [3.63, 3.8) is 0 Å². The van der Waals surface area contributed by atoms with Gasteiger partial charge in [0.2, 0.25) is 0 Å². The van der Waals surface area contributed by atoms with E-state index in [-0.39, 0.29) is 5.91 Å². The van der Waals surface area contributed by atoms with Crippen molar-refractivity contribution in [2.24, 2.45) is 0 Å². The van der Waals surface area contributed by atoms with Crippen LogP contribution < -0.4 is 0 Å². The maximum absolute atomic E-state index is 6.85. The molecule has 0 heterocycles. The average molecular weight is 443 g/mol. The topological polar surface area (TPSA) is 18.5 Å². The van der Waals surface area contributed by atoms with Gasteiger partial charge in [-0.3, -0.25) is 0 Å². The first kappa shape index (κ1) is 25.1. The Morgan fingerprint density at radius 3 is 1.67 bits per heavy atom. The van der Waals surface area contributed by atoms with Crippen molar-refractivity contribution in [3.05, 3.63) is 34.9 Å². The number of benzene rings is 1. The van der Waals surface area contributed by atoms with Gasteiger partial charge in [-0.15, -0.1) is 0 Å². The molecule has 0 saturated carbocycles. The second kappa shape index (κ2) is 12.6. The van der Waals surface area contributed by atoms with Crippen molar-refractivity contribution in [2.45, 2.75) is 96.2 Å². The van der Waals surface area contributed by atoms with Gasteiger partial charge in [0, 0.05) is 5.02 Å². The SMILES string of the molecule is CC[Si](CC)(CC)OC(O[Si](CC)(CC)CC)[Si]CCc1ccccc1Cl. The maximum atomic E-state index is 6.85. The van der Waals surface area contributed by atoms with E-state index in [4.69, 9.17) is 20.5 Å². The van der Waals surface area contributed by atoms with Crippen LogP contribution in [-0.2, 0) is 15.3 Å². The largest absolute Gasteiger partial charge is 0.397 e. The maximum Gasteiger partial charge on any atom is 0.194 e. The van der Waals surface area contributed by atoms with Gasteiger partial charge in [0.15, 0.2) is 16.6 Å². The van der Waals surface area contributed by atoms with Crippen LogP contribution in [0.25, 0.3) is 0 Å². The lowest BCUT2D eigenvalue weighted by atomic mass is 10.2. The minimum atomic E-state index is -1.68. The normalized spacial score (nSPS) is 12.7. The predicted molar refractivity (Wildman–Crippen MR) is 126 cm³/mol. The molecule has 0 saturated heterocycles. The van der Waals surface area contributed by atoms with E-state index >= 15 is 0 Å². The molecule has 0 amide bonds. The summed E-state index contributed by atoms with van der Waals surface area (Å²) in [4.78, 5) is 0. The van der Waals surface area contributed by atoms with Crippen LogP contribution in [0.1, 0.15) is 47.1 Å². The average Bonchev–Trinajstić information content (AvgIpc) is 2.71. The first-order valence-corrected chi connectivity index (χ1v) is 17.5. The zero-order chi connectivity index (χ0) is 20.3. The molecule has 0 fully saturated rings. The number of rotatable bonds is 14. The highest BCUT2D eigenvalue weighted by molar-refractivity contribution is 6.75. The number of hydrogen-bond donors (Lipinski definition) is 0. The van der Waals surface area contributed by atoms with Crippen LogP contribution in [0.2, 0.25) is 47.3 Å². The van der Waals surface area contributed by atoms with E-state index in [1.165, 1.54) is 41.8 Å². The Morgan fingerprint density at radius 1 is 0.815 bits per heavy atom. The Hall–Kier alpha value is 0.0806. The van der Waals surface area contributed by atoms with Crippen LogP contribution in [0.3, 0.4) is 0 Å². The summed E-state index contributed by atoms with van der Waals surface area (Å²) in [5, 5.41) is 0.875. The molecule has 1 aromatic carbocycles. The van der Waals surface area contributed by atoms with E-state index in [2.05, 4.69) is 53.7 Å². The molecular weight excluding hydrogens is 404 g/mol. The highest BCUT2D eigenvalue weighted by Crippen LogP contribution is 2.29. The summed E-state index contributed by atoms with van der Waals surface area (Å²) in [7, 11) is -2.68. The summed E-state index contributed by atoms with van der Waals surface area (Å²) < 4.78 is 13.7. The number of aryl methyl sites for hydroxylation is 1. The lowest BCUT2D eigenvalue weighted by Crippen LogP contribution is -2.49. The first-order valence-electron chi connectivity index (χ1n) is 10.8. The van der Waals surface area contributed by atoms with Crippen LogP contribution >= 0.6 is 11.6 Å². The quantitative estimate of drug-likeness (QED) is 0.221. The van der Waals surface area contributed by atoms with Gasteiger partial charge >= 0.3 is 0 Å². The molecule has 154 valence electrons. The van der Waals surface area contributed by atoms with Gasteiger partial charge in [-0.05, 0) is 54.3 Å². The summed E-state index contributed by atoms with van der Waals surface area (Å²) in [6.07, 6.45) is 0.999. The molecule has 0 aromatic heterocycles. The Morgan fingerprint density at radius 2 is 1.26 bits per heavy atom. The molecule has 0 unspecified atom stereocenters. The van der Waals surface area contributed by atoms with Crippen molar-refractivity contribution in [3.8, 4) is 0 Å². The Kier molecular flexibility index (Phi) is 11.7. The smallest absolute Gasteiger partial charge is 0.194 e. The molecule has 0 spiro atoms. The van der Waals surface area contributed by atoms with Crippen molar-refractivity contribution in [2.75, 3.05) is 0 Å². The lowest BCUT2D eigenvalue weighted by molar-refractivity contribution is 0.0530. The van der Waals surface area contributed by atoms with Crippen LogP contribution in [0.4, 0.5) is 0 Å². The van der Waals surface area contributed by atoms with E-state index in [0.717, 1.165) is 17.5 Å². The molecule has 0 atom stereocenters. The third-order valence-corrected chi connectivity index (χ3v) is 17.4. The molecule has 0 aliphatic rings. The minimum absolute atomic E-state index is 0.00878. The summed E-state index contributed by atoms with van der Waals surface area (Å²) in [5.41, 5.74) is 1.24. The highest BCUT2D eigenvalue weighted by Gasteiger charge is 2.37. The molecule has 6 heteroatoms. The second-order valence-corrected chi connectivity index (χ2v) is 18.6. The zero-order valence-corrected chi connectivity index (χ0v) is 22.0. The van der Waals surface area contributed by atoms with Gasteiger partial charge in [-0.25, -0.2) is 0 Å². The molecule has 0 aliphatic heterocycles. The van der Waals surface area contributed by atoms with E-state index in [1.54, 1.807) is 0 Å². The third-order valence-electron chi connectivity index (χ3n) is 6.24. The second-order valence-electron chi connectivity index (χ2n) is 7.35. The van der Waals surface area contributed by atoms with E-state index in [9.17, 15) is 0 Å². The molecule has 2 nitrogen and oxygen atoms in total. The summed E-state index contributed by atoms with van der Waals surface area (Å²) in [5.74, 6) is -0.00878. The first-order chi connectivity index (χ1) is 12.9. The highest BCUT2D eigenvalue weighted by atomic mass is 35.5. The fourth-order valence-corrected chi connectivity index (χ4v) is 11.7. The van der Waals surface area contributed by atoms with Crippen molar-refractivity contribution < 1.29 is 8.85 Å². The summed E-state index contributed by atoms with van der Waals surface area (Å²) in [6.45, 7) is 13.8. The number of halogens is 1. The Labute approximate surface area is 177 Å². The van der Waals surface area contributed by atoms with Gasteiger partial charge < -0.3 is 8.85 Å². The van der Waals surface area contributed by atoms with Crippen LogP contribution in [0, 0.1) is 0 Å². The third kappa shape index (κ3) is 7.44. The molecule has 0 aliphatic carbocycles. The minimum Gasteiger partial charge on any atom is -0.397 e. The monoisotopic (exact) mass is 442 g/mol. The standard InChI is InChI=1S/C21H39ClO2Si3/c1-7-26(8-2,9-3)23-21(24-27(10-4,11-5)12-6)25-18-17-19-15-13-14-16-20(19)22/h13-16,21H,7-12,17-18H2,1-6H3. The van der Waals surface area contributed by atoms with Crippen LogP contribution in [0.15, 0.2) is 24.3 Å². The van der Waals surface area contributed by atoms with Gasteiger partial charge in [0.25, 0.3) is 0 Å². The van der Waals surface area contributed by atoms with Crippen LogP contribution in [-0.4, -0.2) is 32.1 Å². The van der Waals surface area contributed by atoms with E-state index < -0.39 is 16.6 Å².